The van der Waals surface area contributed by atoms with Crippen LogP contribution in [0.5, 0.6) is 0 Å². The Balaban J connectivity index is 2.27. The molecule has 2 rings (SSSR count). The molecule has 21 heavy (non-hydrogen) atoms. The zero-order valence-corrected chi connectivity index (χ0v) is 11.4. The summed E-state index contributed by atoms with van der Waals surface area (Å²) in [4.78, 5) is 22.4. The third-order valence-corrected chi connectivity index (χ3v) is 3.01. The van der Waals surface area contributed by atoms with E-state index in [1.807, 2.05) is 0 Å². The normalized spacial score (nSPS) is 11.9. The predicted octanol–water partition coefficient (Wildman–Crippen LogP) is 2.30. The Morgan fingerprint density at radius 1 is 1.48 bits per heavy atom. The highest BCUT2D eigenvalue weighted by Gasteiger charge is 2.24. The van der Waals surface area contributed by atoms with Gasteiger partial charge in [-0.15, -0.1) is 0 Å². The van der Waals surface area contributed by atoms with E-state index in [1.165, 1.54) is 18.4 Å². The molecule has 0 aliphatic carbocycles. The van der Waals surface area contributed by atoms with E-state index >= 15 is 0 Å². The molecular weight excluding hydrogens is 300 g/mol. The number of hydrogen-bond acceptors (Lipinski definition) is 5. The molecule has 1 heterocycles. The number of nitrogens with zero attached hydrogens (tertiary/aromatic N) is 1. The van der Waals surface area contributed by atoms with Crippen LogP contribution in [0.25, 0.3) is 0 Å². The van der Waals surface area contributed by atoms with Gasteiger partial charge in [0.1, 0.15) is 17.4 Å². The number of benzene rings is 1. The van der Waals surface area contributed by atoms with Gasteiger partial charge in [0.2, 0.25) is 0 Å². The van der Waals surface area contributed by atoms with Gasteiger partial charge in [-0.05, 0) is 24.3 Å². The molecule has 2 N–H and O–H groups in total. The van der Waals surface area contributed by atoms with Gasteiger partial charge < -0.3 is 14.8 Å². The molecule has 2 aromatic rings. The van der Waals surface area contributed by atoms with Gasteiger partial charge >= 0.3 is 0 Å². The molecule has 1 atom stereocenters. The van der Waals surface area contributed by atoms with E-state index in [4.69, 9.17) is 16.0 Å². The van der Waals surface area contributed by atoms with E-state index in [0.717, 1.165) is 6.07 Å². The minimum atomic E-state index is -0.800. The van der Waals surface area contributed by atoms with Crippen LogP contribution in [-0.4, -0.2) is 22.5 Å². The summed E-state index contributed by atoms with van der Waals surface area (Å²) < 4.78 is 5.09. The van der Waals surface area contributed by atoms with Crippen molar-refractivity contribution in [3.05, 3.63) is 63.1 Å². The summed E-state index contributed by atoms with van der Waals surface area (Å²) in [6.07, 6.45) is 1.39. The van der Waals surface area contributed by atoms with E-state index in [2.05, 4.69) is 5.32 Å². The molecule has 0 fully saturated rings. The summed E-state index contributed by atoms with van der Waals surface area (Å²) >= 11 is 5.77. The van der Waals surface area contributed by atoms with Crippen LogP contribution < -0.4 is 5.32 Å². The summed E-state index contributed by atoms with van der Waals surface area (Å²) in [5.74, 6) is -0.379. The third kappa shape index (κ3) is 3.39. The van der Waals surface area contributed by atoms with Gasteiger partial charge in [0.25, 0.3) is 11.6 Å². The molecule has 0 spiro atoms. The standard InChI is InChI=1S/C13H11ClN2O5/c14-8-3-4-11(16(19)20)9(6-8)13(18)15-10(7-17)12-2-1-5-21-12/h1-6,10,17H,7H2,(H,15,18). The fraction of sp³-hybridized carbons (Fsp3) is 0.154. The Kier molecular flexibility index (Phi) is 4.56. The minimum absolute atomic E-state index is 0.183. The highest BCUT2D eigenvalue weighted by molar-refractivity contribution is 6.31. The molecule has 1 aromatic carbocycles. The summed E-state index contributed by atoms with van der Waals surface area (Å²) in [7, 11) is 0. The van der Waals surface area contributed by atoms with Crippen LogP contribution in [0.2, 0.25) is 5.02 Å². The Morgan fingerprint density at radius 3 is 2.81 bits per heavy atom. The number of nitro groups is 1. The molecule has 7 nitrogen and oxygen atoms in total. The molecule has 0 radical (unpaired) electrons. The van der Waals surface area contributed by atoms with Crippen molar-refractivity contribution in [1.82, 2.24) is 5.32 Å². The average Bonchev–Trinajstić information content (AvgIpc) is 2.98. The lowest BCUT2D eigenvalue weighted by Gasteiger charge is -2.14. The lowest BCUT2D eigenvalue weighted by Crippen LogP contribution is -2.31. The maximum atomic E-state index is 12.2. The van der Waals surface area contributed by atoms with Gasteiger partial charge in [0.15, 0.2) is 0 Å². The molecule has 0 aliphatic rings. The van der Waals surface area contributed by atoms with Gasteiger partial charge in [-0.25, -0.2) is 0 Å². The number of hydrogen-bond donors (Lipinski definition) is 2. The highest BCUT2D eigenvalue weighted by Crippen LogP contribution is 2.23. The number of carbonyl (C=O) groups is 1. The first-order valence-electron chi connectivity index (χ1n) is 5.92. The number of furan rings is 1. The number of aliphatic hydroxyl groups is 1. The first kappa shape index (κ1) is 15.0. The van der Waals surface area contributed by atoms with Crippen molar-refractivity contribution in [3.63, 3.8) is 0 Å². The largest absolute Gasteiger partial charge is 0.467 e. The second-order valence-electron chi connectivity index (χ2n) is 4.14. The fourth-order valence-electron chi connectivity index (χ4n) is 1.78. The molecule has 0 bridgehead atoms. The maximum Gasteiger partial charge on any atom is 0.282 e. The quantitative estimate of drug-likeness (QED) is 0.651. The Hall–Kier alpha value is -2.38. The molecule has 1 aromatic heterocycles. The van der Waals surface area contributed by atoms with E-state index in [9.17, 15) is 20.0 Å². The highest BCUT2D eigenvalue weighted by atomic mass is 35.5. The van der Waals surface area contributed by atoms with Crippen LogP contribution in [0.15, 0.2) is 41.0 Å². The van der Waals surface area contributed by atoms with Gasteiger partial charge in [0.05, 0.1) is 17.8 Å². The maximum absolute atomic E-state index is 12.2. The van der Waals surface area contributed by atoms with Crippen molar-refractivity contribution in [2.45, 2.75) is 6.04 Å². The monoisotopic (exact) mass is 310 g/mol. The molecule has 0 saturated heterocycles. The van der Waals surface area contributed by atoms with Crippen LogP contribution in [0, 0.1) is 10.1 Å². The first-order chi connectivity index (χ1) is 10.0. The van der Waals surface area contributed by atoms with Gasteiger partial charge in [-0.1, -0.05) is 11.6 Å². The number of aliphatic hydroxyl groups excluding tert-OH is 1. The van der Waals surface area contributed by atoms with Crippen molar-refractivity contribution in [2.24, 2.45) is 0 Å². The zero-order valence-electron chi connectivity index (χ0n) is 10.7. The number of nitrogens with one attached hydrogen (secondary N) is 1. The predicted molar refractivity (Wildman–Crippen MR) is 74.1 cm³/mol. The van der Waals surface area contributed by atoms with Crippen LogP contribution in [-0.2, 0) is 0 Å². The lowest BCUT2D eigenvalue weighted by molar-refractivity contribution is -0.385. The van der Waals surface area contributed by atoms with E-state index < -0.39 is 23.5 Å². The van der Waals surface area contributed by atoms with E-state index in [1.54, 1.807) is 12.1 Å². The van der Waals surface area contributed by atoms with Crippen LogP contribution >= 0.6 is 11.6 Å². The molecule has 8 heteroatoms. The van der Waals surface area contributed by atoms with Crippen molar-refractivity contribution < 1.29 is 19.2 Å². The Morgan fingerprint density at radius 2 is 2.24 bits per heavy atom. The molecule has 0 saturated carbocycles. The Bertz CT molecular complexity index is 657. The van der Waals surface area contributed by atoms with Gasteiger partial charge in [-0.2, -0.15) is 0 Å². The van der Waals surface area contributed by atoms with Crippen LogP contribution in [0.4, 0.5) is 5.69 Å². The van der Waals surface area contributed by atoms with Crippen LogP contribution in [0.1, 0.15) is 22.2 Å². The second-order valence-corrected chi connectivity index (χ2v) is 4.58. The molecule has 1 unspecified atom stereocenters. The van der Waals surface area contributed by atoms with Crippen LogP contribution in [0.3, 0.4) is 0 Å². The summed E-state index contributed by atoms with van der Waals surface area (Å²) in [5.41, 5.74) is -0.550. The Labute approximate surface area is 124 Å². The van der Waals surface area contributed by atoms with Crippen molar-refractivity contribution >= 4 is 23.2 Å². The SMILES string of the molecule is O=C(NC(CO)c1ccco1)c1cc(Cl)ccc1[N+](=O)[O-]. The fourth-order valence-corrected chi connectivity index (χ4v) is 1.95. The van der Waals surface area contributed by atoms with Crippen molar-refractivity contribution in [3.8, 4) is 0 Å². The van der Waals surface area contributed by atoms with E-state index in [-0.39, 0.29) is 16.3 Å². The number of halogens is 1. The smallest absolute Gasteiger partial charge is 0.282 e. The number of rotatable bonds is 5. The topological polar surface area (TPSA) is 106 Å². The second kappa shape index (κ2) is 6.38. The molecular formula is C13H11ClN2O5. The number of amides is 1. The van der Waals surface area contributed by atoms with Gasteiger partial charge in [0, 0.05) is 11.1 Å². The first-order valence-corrected chi connectivity index (χ1v) is 6.29. The summed E-state index contributed by atoms with van der Waals surface area (Å²) in [5, 5.41) is 22.9. The molecule has 0 aliphatic heterocycles. The third-order valence-electron chi connectivity index (χ3n) is 2.77. The van der Waals surface area contributed by atoms with Crippen molar-refractivity contribution in [2.75, 3.05) is 6.61 Å². The molecule has 110 valence electrons. The summed E-state index contributed by atoms with van der Waals surface area (Å²) in [6.45, 7) is -0.409. The summed E-state index contributed by atoms with van der Waals surface area (Å²) in [6, 6.07) is 6.06. The number of nitro benzene ring substituents is 1. The lowest BCUT2D eigenvalue weighted by atomic mass is 10.1. The average molecular weight is 311 g/mol. The van der Waals surface area contributed by atoms with Gasteiger partial charge in [-0.3, -0.25) is 14.9 Å². The molecule has 1 amide bonds. The zero-order chi connectivity index (χ0) is 15.4. The van der Waals surface area contributed by atoms with E-state index in [0.29, 0.717) is 5.76 Å². The number of carbonyl (C=O) groups excluding carboxylic acids is 1. The minimum Gasteiger partial charge on any atom is -0.467 e. The van der Waals surface area contributed by atoms with Crippen molar-refractivity contribution in [1.29, 1.82) is 0 Å².